The van der Waals surface area contributed by atoms with Crippen molar-refractivity contribution in [1.82, 2.24) is 4.98 Å². The molecule has 2 aromatic rings. The minimum Gasteiger partial charge on any atom is -0.506 e. The minimum atomic E-state index is 0.230. The molecular formula is C14H16N2O. The van der Waals surface area contributed by atoms with Gasteiger partial charge in [-0.2, -0.15) is 0 Å². The van der Waals surface area contributed by atoms with E-state index in [0.29, 0.717) is 0 Å². The molecule has 1 N–H and O–H groups in total. The van der Waals surface area contributed by atoms with E-state index in [1.807, 2.05) is 6.07 Å². The van der Waals surface area contributed by atoms with Crippen LogP contribution in [0.5, 0.6) is 5.75 Å². The number of piperidine rings is 1. The lowest BCUT2D eigenvalue weighted by Crippen LogP contribution is -2.29. The average Bonchev–Trinajstić information content (AvgIpc) is 2.39. The number of hydrogen-bond donors (Lipinski definition) is 1. The predicted molar refractivity (Wildman–Crippen MR) is 69.5 cm³/mol. The number of aromatic hydroxyl groups is 1. The second kappa shape index (κ2) is 4.24. The third kappa shape index (κ3) is 2.05. The minimum absolute atomic E-state index is 0.230. The highest BCUT2D eigenvalue weighted by Gasteiger charge is 2.11. The van der Waals surface area contributed by atoms with Crippen molar-refractivity contribution in [3.05, 3.63) is 30.5 Å². The van der Waals surface area contributed by atoms with Crippen LogP contribution in [0.4, 0.5) is 5.69 Å². The summed E-state index contributed by atoms with van der Waals surface area (Å²) < 4.78 is 0. The standard InChI is InChI=1S/C14H16N2O/c17-13-9-11-8-12(4-5-14(11)15-10-13)16-6-2-1-3-7-16/h4-5,8-10,17H,1-3,6-7H2. The molecule has 1 saturated heterocycles. The lowest BCUT2D eigenvalue weighted by molar-refractivity contribution is 0.474. The van der Waals surface area contributed by atoms with Crippen molar-refractivity contribution < 1.29 is 5.11 Å². The molecule has 88 valence electrons. The van der Waals surface area contributed by atoms with Crippen LogP contribution in [0.1, 0.15) is 19.3 Å². The molecule has 17 heavy (non-hydrogen) atoms. The number of aromatic nitrogens is 1. The van der Waals surface area contributed by atoms with Crippen LogP contribution in [0.3, 0.4) is 0 Å². The summed E-state index contributed by atoms with van der Waals surface area (Å²) in [6, 6.07) is 8.04. The summed E-state index contributed by atoms with van der Waals surface area (Å²) in [5.74, 6) is 0.230. The summed E-state index contributed by atoms with van der Waals surface area (Å²) in [6.07, 6.45) is 5.38. The van der Waals surface area contributed by atoms with Gasteiger partial charge in [0, 0.05) is 24.2 Å². The van der Waals surface area contributed by atoms with Gasteiger partial charge in [-0.3, -0.25) is 4.98 Å². The maximum atomic E-state index is 9.46. The van der Waals surface area contributed by atoms with Crippen molar-refractivity contribution in [3.63, 3.8) is 0 Å². The molecule has 3 rings (SSSR count). The first kappa shape index (κ1) is 10.4. The molecule has 0 radical (unpaired) electrons. The lowest BCUT2D eigenvalue weighted by atomic mass is 10.1. The zero-order valence-electron chi connectivity index (χ0n) is 9.76. The largest absolute Gasteiger partial charge is 0.506 e. The van der Waals surface area contributed by atoms with Gasteiger partial charge in [-0.25, -0.2) is 0 Å². The van der Waals surface area contributed by atoms with Gasteiger partial charge in [0.1, 0.15) is 5.75 Å². The van der Waals surface area contributed by atoms with Crippen molar-refractivity contribution in [1.29, 1.82) is 0 Å². The molecule has 2 heterocycles. The highest BCUT2D eigenvalue weighted by atomic mass is 16.3. The number of nitrogens with zero attached hydrogens (tertiary/aromatic N) is 2. The molecule has 3 nitrogen and oxygen atoms in total. The highest BCUT2D eigenvalue weighted by molar-refractivity contribution is 5.83. The van der Waals surface area contributed by atoms with E-state index < -0.39 is 0 Å². The van der Waals surface area contributed by atoms with Crippen LogP contribution < -0.4 is 4.90 Å². The van der Waals surface area contributed by atoms with E-state index in [2.05, 4.69) is 22.0 Å². The smallest absolute Gasteiger partial charge is 0.134 e. The zero-order valence-corrected chi connectivity index (χ0v) is 9.76. The summed E-state index contributed by atoms with van der Waals surface area (Å²) in [7, 11) is 0. The molecule has 0 unspecified atom stereocenters. The van der Waals surface area contributed by atoms with E-state index in [0.717, 1.165) is 24.0 Å². The van der Waals surface area contributed by atoms with Crippen molar-refractivity contribution in [3.8, 4) is 5.75 Å². The number of hydrogen-bond acceptors (Lipinski definition) is 3. The van der Waals surface area contributed by atoms with Crippen molar-refractivity contribution >= 4 is 16.6 Å². The Balaban J connectivity index is 1.99. The molecule has 1 fully saturated rings. The molecule has 0 aliphatic carbocycles. The van der Waals surface area contributed by atoms with E-state index in [9.17, 15) is 5.11 Å². The van der Waals surface area contributed by atoms with Gasteiger partial charge in [-0.15, -0.1) is 0 Å². The molecule has 0 atom stereocenters. The monoisotopic (exact) mass is 228 g/mol. The van der Waals surface area contributed by atoms with Gasteiger partial charge in [0.15, 0.2) is 0 Å². The number of benzene rings is 1. The van der Waals surface area contributed by atoms with Crippen LogP contribution in [-0.2, 0) is 0 Å². The number of rotatable bonds is 1. The average molecular weight is 228 g/mol. The van der Waals surface area contributed by atoms with Crippen molar-refractivity contribution in [2.75, 3.05) is 18.0 Å². The maximum absolute atomic E-state index is 9.46. The Morgan fingerprint density at radius 3 is 2.71 bits per heavy atom. The van der Waals surface area contributed by atoms with Gasteiger partial charge >= 0.3 is 0 Å². The maximum Gasteiger partial charge on any atom is 0.134 e. The van der Waals surface area contributed by atoms with Gasteiger partial charge in [0.25, 0.3) is 0 Å². The van der Waals surface area contributed by atoms with Crippen LogP contribution in [0.2, 0.25) is 0 Å². The molecule has 0 saturated carbocycles. The Hall–Kier alpha value is -1.77. The van der Waals surface area contributed by atoms with E-state index >= 15 is 0 Å². The van der Waals surface area contributed by atoms with E-state index in [1.165, 1.54) is 31.1 Å². The topological polar surface area (TPSA) is 36.4 Å². The Labute approximate surface area is 101 Å². The number of pyridine rings is 1. The Kier molecular flexibility index (Phi) is 2.59. The van der Waals surface area contributed by atoms with Crippen LogP contribution in [0, 0.1) is 0 Å². The highest BCUT2D eigenvalue weighted by Crippen LogP contribution is 2.25. The molecular weight excluding hydrogens is 212 g/mol. The van der Waals surface area contributed by atoms with Gasteiger partial charge in [-0.1, -0.05) is 0 Å². The number of fused-ring (bicyclic) bond motifs is 1. The van der Waals surface area contributed by atoms with Crippen molar-refractivity contribution in [2.45, 2.75) is 19.3 Å². The molecule has 3 heteroatoms. The van der Waals surface area contributed by atoms with E-state index in [1.54, 1.807) is 6.07 Å². The van der Waals surface area contributed by atoms with Gasteiger partial charge < -0.3 is 10.0 Å². The Morgan fingerprint density at radius 1 is 1.06 bits per heavy atom. The van der Waals surface area contributed by atoms with Gasteiger partial charge in [-0.05, 0) is 43.5 Å². The lowest BCUT2D eigenvalue weighted by Gasteiger charge is -2.28. The first-order valence-corrected chi connectivity index (χ1v) is 6.17. The van der Waals surface area contributed by atoms with Gasteiger partial charge in [0.05, 0.1) is 11.7 Å². The first-order chi connectivity index (χ1) is 8.33. The van der Waals surface area contributed by atoms with E-state index in [4.69, 9.17) is 0 Å². The molecule has 0 bridgehead atoms. The zero-order chi connectivity index (χ0) is 11.7. The molecule has 1 aromatic heterocycles. The summed E-state index contributed by atoms with van der Waals surface area (Å²) in [4.78, 5) is 6.61. The summed E-state index contributed by atoms with van der Waals surface area (Å²) >= 11 is 0. The normalized spacial score (nSPS) is 16.4. The fraction of sp³-hybridized carbons (Fsp3) is 0.357. The molecule has 0 amide bonds. The molecule has 1 aliphatic rings. The molecule has 1 aliphatic heterocycles. The Morgan fingerprint density at radius 2 is 1.88 bits per heavy atom. The summed E-state index contributed by atoms with van der Waals surface area (Å²) in [5, 5.41) is 10.5. The van der Waals surface area contributed by atoms with Crippen LogP contribution >= 0.6 is 0 Å². The SMILES string of the molecule is Oc1cnc2ccc(N3CCCCC3)cc2c1. The molecule has 0 spiro atoms. The first-order valence-electron chi connectivity index (χ1n) is 6.17. The van der Waals surface area contributed by atoms with Crippen LogP contribution in [0.25, 0.3) is 10.9 Å². The molecule has 1 aromatic carbocycles. The predicted octanol–water partition coefficient (Wildman–Crippen LogP) is 2.93. The second-order valence-electron chi connectivity index (χ2n) is 4.62. The number of anilines is 1. The summed E-state index contributed by atoms with van der Waals surface area (Å²) in [6.45, 7) is 2.27. The summed E-state index contributed by atoms with van der Waals surface area (Å²) in [5.41, 5.74) is 2.17. The van der Waals surface area contributed by atoms with Crippen LogP contribution in [0.15, 0.2) is 30.5 Å². The van der Waals surface area contributed by atoms with Crippen LogP contribution in [-0.4, -0.2) is 23.2 Å². The fourth-order valence-corrected chi connectivity index (χ4v) is 2.46. The van der Waals surface area contributed by atoms with Crippen molar-refractivity contribution in [2.24, 2.45) is 0 Å². The second-order valence-corrected chi connectivity index (χ2v) is 4.62. The third-order valence-corrected chi connectivity index (χ3v) is 3.37. The Bertz CT molecular complexity index is 533. The third-order valence-electron chi connectivity index (χ3n) is 3.37. The van der Waals surface area contributed by atoms with Gasteiger partial charge in [0.2, 0.25) is 0 Å². The fourth-order valence-electron chi connectivity index (χ4n) is 2.46. The quantitative estimate of drug-likeness (QED) is 0.815. The van der Waals surface area contributed by atoms with E-state index in [-0.39, 0.29) is 5.75 Å².